The Labute approximate surface area is 360 Å². The van der Waals surface area contributed by atoms with Gasteiger partial charge in [0.2, 0.25) is 24.6 Å². The third-order valence-corrected chi connectivity index (χ3v) is 11.4. The monoisotopic (exact) mass is 919 g/mol. The summed E-state index contributed by atoms with van der Waals surface area (Å²) in [5, 5.41) is 167. The Bertz CT molecular complexity index is 2060. The van der Waals surface area contributed by atoms with E-state index < -0.39 is 166 Å². The molecular weight excluding hydrogens is 868 g/mol. The van der Waals surface area contributed by atoms with E-state index in [2.05, 4.69) is 0 Å². The first-order chi connectivity index (χ1) is 30.3. The average Bonchev–Trinajstić information content (AvgIpc) is 3.27. The van der Waals surface area contributed by atoms with Gasteiger partial charge in [-0.2, -0.15) is 0 Å². The molecule has 20 atom stereocenters. The van der Waals surface area contributed by atoms with E-state index in [9.17, 15) is 81.7 Å². The molecule has 0 unspecified atom stereocenters. The van der Waals surface area contributed by atoms with Gasteiger partial charge in [0, 0.05) is 18.2 Å². The van der Waals surface area contributed by atoms with Crippen LogP contribution in [-0.4, -0.2) is 224 Å². The van der Waals surface area contributed by atoms with Crippen molar-refractivity contribution in [3.05, 3.63) is 36.4 Å². The zero-order valence-electron chi connectivity index (χ0n) is 33.5. The van der Waals surface area contributed by atoms with E-state index in [-0.39, 0.29) is 28.0 Å². The van der Waals surface area contributed by atoms with Crippen LogP contribution in [0.2, 0.25) is 0 Å². The van der Waals surface area contributed by atoms with Crippen molar-refractivity contribution < 1.29 is 124 Å². The molecule has 356 valence electrons. The molecule has 16 N–H and O–H groups in total. The number of aromatic hydroxyl groups is 2. The molecule has 0 radical (unpaired) electrons. The molecule has 0 amide bonds. The van der Waals surface area contributed by atoms with Gasteiger partial charge in [-0.25, -0.2) is 4.42 Å². The van der Waals surface area contributed by atoms with Gasteiger partial charge in [0.15, 0.2) is 17.8 Å². The van der Waals surface area contributed by atoms with E-state index in [4.69, 9.17) is 42.3 Å². The fourth-order valence-electron chi connectivity index (χ4n) is 7.50. The van der Waals surface area contributed by atoms with E-state index in [1.807, 2.05) is 0 Å². The molecule has 25 nitrogen and oxygen atoms in total. The van der Waals surface area contributed by atoms with Crippen LogP contribution in [0.25, 0.3) is 22.3 Å². The summed E-state index contributed by atoms with van der Waals surface area (Å²) in [4.78, 5) is 0. The van der Waals surface area contributed by atoms with Crippen LogP contribution in [0.5, 0.6) is 28.7 Å². The molecule has 0 aliphatic carbocycles. The Morgan fingerprint density at radius 1 is 0.500 bits per heavy atom. The number of aliphatic hydroxyl groups is 14. The van der Waals surface area contributed by atoms with Crippen LogP contribution in [-0.2, 0) is 23.7 Å². The summed E-state index contributed by atoms with van der Waals surface area (Å²) in [6, 6.07) is 6.80. The van der Waals surface area contributed by atoms with Gasteiger partial charge >= 0.3 is 11.3 Å². The first-order valence-corrected chi connectivity index (χ1v) is 19.9. The molecule has 64 heavy (non-hydrogen) atoms. The number of benzene rings is 2. The molecule has 4 aliphatic heterocycles. The van der Waals surface area contributed by atoms with Crippen molar-refractivity contribution in [3.8, 4) is 40.1 Å². The van der Waals surface area contributed by atoms with Gasteiger partial charge in [0.25, 0.3) is 0 Å². The molecule has 0 saturated carbocycles. The second-order valence-corrected chi connectivity index (χ2v) is 15.8. The van der Waals surface area contributed by atoms with Gasteiger partial charge in [-0.05, 0) is 19.1 Å². The summed E-state index contributed by atoms with van der Waals surface area (Å²) >= 11 is 0. The summed E-state index contributed by atoms with van der Waals surface area (Å²) in [6.07, 6.45) is -34.1. The van der Waals surface area contributed by atoms with Crippen molar-refractivity contribution in [2.45, 2.75) is 130 Å². The topological polar surface area (TPSA) is 409 Å². The summed E-state index contributed by atoms with van der Waals surface area (Å²) in [6.45, 7) is -0.854. The average molecular weight is 920 g/mol. The fourth-order valence-corrected chi connectivity index (χ4v) is 7.50. The normalized spacial score (nSPS) is 40.5. The highest BCUT2D eigenvalue weighted by Gasteiger charge is 2.50. The number of hydrogen-bond donors (Lipinski definition) is 16. The molecule has 7 rings (SSSR count). The van der Waals surface area contributed by atoms with Gasteiger partial charge in [-0.3, -0.25) is 0 Å². The zero-order valence-corrected chi connectivity index (χ0v) is 33.5. The van der Waals surface area contributed by atoms with Crippen LogP contribution < -0.4 is 14.2 Å². The van der Waals surface area contributed by atoms with Gasteiger partial charge in [0.05, 0.1) is 37.6 Å². The number of fused-ring (bicyclic) bond motifs is 1. The van der Waals surface area contributed by atoms with E-state index >= 15 is 0 Å². The van der Waals surface area contributed by atoms with Gasteiger partial charge < -0.3 is 120 Å². The molecule has 3 aromatic rings. The van der Waals surface area contributed by atoms with Gasteiger partial charge in [-0.15, -0.1) is 0 Å². The molecule has 25 heteroatoms. The van der Waals surface area contributed by atoms with Crippen molar-refractivity contribution in [1.29, 1.82) is 0 Å². The minimum Gasteiger partial charge on any atom is -0.507 e. The summed E-state index contributed by atoms with van der Waals surface area (Å²) < 4.78 is 51.6. The second kappa shape index (κ2) is 19.5. The summed E-state index contributed by atoms with van der Waals surface area (Å²) in [5.74, 6) is -2.54. The standard InChI is InChI=1S/C39H50O25/c1-11-23(44)27(48)31(52)36(57-11)56-10-22-26(47)30(51)34(55)39(64-22)61-19-7-14-16(5-13(42)6-17(14)59-37-32(53)28(49)24(45)20(8-40)62-37)58-35(19)12-2-3-15(43)18(4-12)60-38-33(54)29(50)25(46)21(9-41)63-38/h2-7,11,20-34,36-41,44-55H,8-10H2,1H3,(H-,42,43)/p+1/t11-,20+,21-,22+,23-,24+,25+,26+,27-,28-,29-,30+,31+,32+,33+,34+,36+,37+,38+,39+/m0/s1. The largest absolute Gasteiger partial charge is 0.507 e. The number of phenols is 2. The maximum atomic E-state index is 11.1. The van der Waals surface area contributed by atoms with E-state index in [0.717, 1.165) is 24.3 Å². The highest BCUT2D eigenvalue weighted by molar-refractivity contribution is 5.89. The highest BCUT2D eigenvalue weighted by Crippen LogP contribution is 2.44. The van der Waals surface area contributed by atoms with Crippen molar-refractivity contribution in [1.82, 2.24) is 0 Å². The molecule has 1 aromatic heterocycles. The molecule has 4 aliphatic rings. The zero-order chi connectivity index (χ0) is 46.5. The SMILES string of the molecule is C[C@@H]1O[C@@H](OC[C@H]2O[C@@H](Oc3cc4c(O[C@@H]5O[C@H](CO)[C@@H](O)[C@H](O)[C@H]5O)cc(O)cc4[o+]c3-c3ccc(O)c(O[C@@H]4O[C@@H](CO)[C@@H](O)[C@H](O)[C@H]4O)c3)[C@H](O)[C@H](O)[C@@H]2O)[C@H](O)[C@@H](O)[C@H]1O. The predicted molar refractivity (Wildman–Crippen MR) is 204 cm³/mol. The third-order valence-electron chi connectivity index (χ3n) is 11.4. The van der Waals surface area contributed by atoms with Crippen molar-refractivity contribution in [2.24, 2.45) is 0 Å². The van der Waals surface area contributed by atoms with Crippen LogP contribution in [0.15, 0.2) is 40.8 Å². The van der Waals surface area contributed by atoms with Crippen LogP contribution in [0, 0.1) is 0 Å². The lowest BCUT2D eigenvalue weighted by atomic mass is 9.98. The Balaban J connectivity index is 1.26. The number of ether oxygens (including phenoxy) is 8. The van der Waals surface area contributed by atoms with Crippen LogP contribution >= 0.6 is 0 Å². The quantitative estimate of drug-likeness (QED) is 0.0752. The Morgan fingerprint density at radius 2 is 0.984 bits per heavy atom. The van der Waals surface area contributed by atoms with Gasteiger partial charge in [-0.1, -0.05) is 0 Å². The third kappa shape index (κ3) is 9.38. The summed E-state index contributed by atoms with van der Waals surface area (Å²) in [5.41, 5.74) is -0.246. The second-order valence-electron chi connectivity index (χ2n) is 15.8. The minimum absolute atomic E-state index is 0.0434. The van der Waals surface area contributed by atoms with Crippen LogP contribution in [0.1, 0.15) is 6.92 Å². The molecule has 0 bridgehead atoms. The van der Waals surface area contributed by atoms with Crippen molar-refractivity contribution in [3.63, 3.8) is 0 Å². The maximum Gasteiger partial charge on any atom is 0.402 e. The predicted octanol–water partition coefficient (Wildman–Crippen LogP) is -5.82. The lowest BCUT2D eigenvalue weighted by Gasteiger charge is -2.42. The molecule has 4 fully saturated rings. The molecule has 2 aromatic carbocycles. The smallest absolute Gasteiger partial charge is 0.402 e. The maximum absolute atomic E-state index is 11.1. The molecule has 5 heterocycles. The van der Waals surface area contributed by atoms with Crippen molar-refractivity contribution >= 4 is 11.0 Å². The Morgan fingerprint density at radius 3 is 1.55 bits per heavy atom. The number of phenolic OH excluding ortho intramolecular Hbond substituents is 2. The van der Waals surface area contributed by atoms with Crippen molar-refractivity contribution in [2.75, 3.05) is 19.8 Å². The summed E-state index contributed by atoms with van der Waals surface area (Å²) in [7, 11) is 0. The van der Waals surface area contributed by atoms with E-state index in [0.29, 0.717) is 0 Å². The number of aliphatic hydroxyl groups excluding tert-OH is 14. The Hall–Kier alpha value is -3.91. The molecule has 0 spiro atoms. The number of hydrogen-bond acceptors (Lipinski definition) is 24. The van der Waals surface area contributed by atoms with E-state index in [1.54, 1.807) is 0 Å². The fraction of sp³-hybridized carbons (Fsp3) is 0.615. The lowest BCUT2D eigenvalue weighted by molar-refractivity contribution is -0.318. The molecular formula is C39H51O25+. The van der Waals surface area contributed by atoms with E-state index in [1.165, 1.54) is 19.1 Å². The molecule has 4 saturated heterocycles. The van der Waals surface area contributed by atoms with Crippen LogP contribution in [0.4, 0.5) is 0 Å². The first-order valence-electron chi connectivity index (χ1n) is 19.9. The Kier molecular flexibility index (Phi) is 14.6. The van der Waals surface area contributed by atoms with Crippen LogP contribution in [0.3, 0.4) is 0 Å². The highest BCUT2D eigenvalue weighted by atomic mass is 16.7. The van der Waals surface area contributed by atoms with Gasteiger partial charge in [0.1, 0.15) is 108 Å². The minimum atomic E-state index is -2.03. The number of rotatable bonds is 12. The first kappa shape index (κ1) is 48.0. The lowest BCUT2D eigenvalue weighted by Crippen LogP contribution is -2.61.